The highest BCUT2D eigenvalue weighted by Gasteiger charge is 2.35. The molecule has 6 heteroatoms. The molecule has 1 aromatic carbocycles. The lowest BCUT2D eigenvalue weighted by molar-refractivity contribution is -0.127. The van der Waals surface area contributed by atoms with E-state index in [2.05, 4.69) is 5.32 Å². The van der Waals surface area contributed by atoms with E-state index in [9.17, 15) is 14.7 Å². The third-order valence-corrected chi connectivity index (χ3v) is 5.40. The molecule has 0 saturated carbocycles. The molecular weight excluding hydrogens is 336 g/mol. The number of carbonyl (C=O) groups is 2. The van der Waals surface area contributed by atoms with Crippen LogP contribution in [0.15, 0.2) is 18.2 Å². The molecule has 2 rings (SSSR count). The van der Waals surface area contributed by atoms with Crippen LogP contribution in [0.1, 0.15) is 30.9 Å². The Morgan fingerprint density at radius 2 is 2.12 bits per heavy atom. The van der Waals surface area contributed by atoms with Gasteiger partial charge in [-0.15, -0.1) is 0 Å². The number of aliphatic hydroxyl groups is 1. The summed E-state index contributed by atoms with van der Waals surface area (Å²) in [6.45, 7) is 6.37. The second-order valence-corrected chi connectivity index (χ2v) is 8.12. The fourth-order valence-corrected chi connectivity index (χ4v) is 3.50. The van der Waals surface area contributed by atoms with Gasteiger partial charge in [0.1, 0.15) is 0 Å². The summed E-state index contributed by atoms with van der Waals surface area (Å²) in [5, 5.41) is 13.1. The number of hydrogen-bond donors (Lipinski definition) is 2. The Labute approximate surface area is 154 Å². The van der Waals surface area contributed by atoms with Crippen molar-refractivity contribution in [1.82, 2.24) is 5.32 Å². The Kier molecular flexibility index (Phi) is 6.52. The monoisotopic (exact) mass is 364 g/mol. The van der Waals surface area contributed by atoms with E-state index < -0.39 is 5.60 Å². The van der Waals surface area contributed by atoms with E-state index in [0.29, 0.717) is 13.0 Å². The number of thioether (sulfide) groups is 1. The minimum Gasteiger partial charge on any atom is -0.388 e. The van der Waals surface area contributed by atoms with Crippen LogP contribution in [0.3, 0.4) is 0 Å². The van der Waals surface area contributed by atoms with E-state index in [1.165, 1.54) is 5.56 Å². The van der Waals surface area contributed by atoms with Gasteiger partial charge < -0.3 is 15.3 Å². The molecule has 2 amide bonds. The van der Waals surface area contributed by atoms with Crippen molar-refractivity contribution >= 4 is 29.3 Å². The van der Waals surface area contributed by atoms with Gasteiger partial charge in [0.15, 0.2) is 0 Å². The first-order chi connectivity index (χ1) is 11.7. The molecule has 0 radical (unpaired) electrons. The number of rotatable bonds is 7. The number of nitrogens with zero attached hydrogens (tertiary/aromatic N) is 1. The SMILES string of the molecule is CSCC[C@@](C)(O)CNC(=O)[C@@H]1CC(=O)N(c2ccc(C)c(C)c2)C1. The first-order valence-electron chi connectivity index (χ1n) is 8.60. The van der Waals surface area contributed by atoms with E-state index in [0.717, 1.165) is 17.0 Å². The molecule has 5 nitrogen and oxygen atoms in total. The lowest BCUT2D eigenvalue weighted by atomic mass is 10.0. The van der Waals surface area contributed by atoms with Crippen molar-refractivity contribution in [3.05, 3.63) is 29.3 Å². The molecule has 1 saturated heterocycles. The Morgan fingerprint density at radius 3 is 2.76 bits per heavy atom. The summed E-state index contributed by atoms with van der Waals surface area (Å²) in [6, 6.07) is 5.91. The summed E-state index contributed by atoms with van der Waals surface area (Å²) >= 11 is 1.66. The third-order valence-electron chi connectivity index (χ3n) is 4.79. The van der Waals surface area contributed by atoms with E-state index in [1.54, 1.807) is 23.6 Å². The molecule has 0 aliphatic carbocycles. The van der Waals surface area contributed by atoms with Crippen molar-refractivity contribution in [3.63, 3.8) is 0 Å². The molecular formula is C19H28N2O3S. The molecule has 0 bridgehead atoms. The van der Waals surface area contributed by atoms with Crippen LogP contribution in [-0.2, 0) is 9.59 Å². The van der Waals surface area contributed by atoms with Crippen LogP contribution < -0.4 is 10.2 Å². The van der Waals surface area contributed by atoms with Crippen molar-refractivity contribution in [2.75, 3.05) is 30.0 Å². The van der Waals surface area contributed by atoms with Gasteiger partial charge in [-0.1, -0.05) is 6.07 Å². The van der Waals surface area contributed by atoms with Gasteiger partial charge >= 0.3 is 0 Å². The fourth-order valence-electron chi connectivity index (χ4n) is 2.86. The third kappa shape index (κ3) is 5.22. The zero-order valence-electron chi connectivity index (χ0n) is 15.5. The standard InChI is InChI=1S/C19H28N2O3S/c1-13-5-6-16(9-14(13)2)21-11-15(10-17(21)22)18(23)20-12-19(3,24)7-8-25-4/h5-6,9,15,24H,7-8,10-12H2,1-4H3,(H,20,23)/t15-,19-/m1/s1. The maximum Gasteiger partial charge on any atom is 0.227 e. The van der Waals surface area contributed by atoms with Crippen LogP contribution in [0.5, 0.6) is 0 Å². The highest BCUT2D eigenvalue weighted by molar-refractivity contribution is 7.98. The minimum atomic E-state index is -0.922. The zero-order chi connectivity index (χ0) is 18.6. The quantitative estimate of drug-likeness (QED) is 0.779. The molecule has 1 fully saturated rings. The molecule has 0 unspecified atom stereocenters. The number of amides is 2. The molecule has 1 aromatic rings. The van der Waals surface area contributed by atoms with Crippen molar-refractivity contribution in [2.24, 2.45) is 5.92 Å². The highest BCUT2D eigenvalue weighted by Crippen LogP contribution is 2.27. The smallest absolute Gasteiger partial charge is 0.227 e. The first kappa shape index (κ1) is 19.8. The highest BCUT2D eigenvalue weighted by atomic mass is 32.2. The predicted octanol–water partition coefficient (Wildman–Crippen LogP) is 2.28. The molecule has 1 aliphatic rings. The largest absolute Gasteiger partial charge is 0.388 e. The molecule has 2 atom stereocenters. The number of carbonyl (C=O) groups excluding carboxylic acids is 2. The summed E-state index contributed by atoms with van der Waals surface area (Å²) in [5.41, 5.74) is 2.23. The normalized spacial score (nSPS) is 19.8. The Hall–Kier alpha value is -1.53. The van der Waals surface area contributed by atoms with Gasteiger partial charge in [0.05, 0.1) is 11.5 Å². The van der Waals surface area contributed by atoms with Crippen LogP contribution in [0.4, 0.5) is 5.69 Å². The summed E-state index contributed by atoms with van der Waals surface area (Å²) in [4.78, 5) is 26.4. The zero-order valence-corrected chi connectivity index (χ0v) is 16.3. The minimum absolute atomic E-state index is 0.0300. The molecule has 138 valence electrons. The van der Waals surface area contributed by atoms with Crippen LogP contribution in [-0.4, -0.2) is 47.6 Å². The van der Waals surface area contributed by atoms with E-state index in [-0.39, 0.29) is 30.7 Å². The number of benzene rings is 1. The summed E-state index contributed by atoms with van der Waals surface area (Å²) < 4.78 is 0. The second-order valence-electron chi connectivity index (χ2n) is 7.13. The van der Waals surface area contributed by atoms with E-state index in [4.69, 9.17) is 0 Å². The number of aryl methyl sites for hydroxylation is 2. The van der Waals surface area contributed by atoms with Gasteiger partial charge in [0, 0.05) is 25.2 Å². The van der Waals surface area contributed by atoms with Crippen LogP contribution >= 0.6 is 11.8 Å². The van der Waals surface area contributed by atoms with Crippen LogP contribution in [0.25, 0.3) is 0 Å². The molecule has 25 heavy (non-hydrogen) atoms. The average molecular weight is 365 g/mol. The number of hydrogen-bond acceptors (Lipinski definition) is 4. The number of nitrogens with one attached hydrogen (secondary N) is 1. The van der Waals surface area contributed by atoms with E-state index >= 15 is 0 Å². The van der Waals surface area contributed by atoms with Gasteiger partial charge in [0.2, 0.25) is 11.8 Å². The predicted molar refractivity (Wildman–Crippen MR) is 103 cm³/mol. The Bertz CT molecular complexity index is 646. The van der Waals surface area contributed by atoms with Crippen molar-refractivity contribution in [3.8, 4) is 0 Å². The molecule has 0 aromatic heterocycles. The van der Waals surface area contributed by atoms with Crippen molar-refractivity contribution in [2.45, 2.75) is 39.2 Å². The Morgan fingerprint density at radius 1 is 1.40 bits per heavy atom. The van der Waals surface area contributed by atoms with E-state index in [1.807, 2.05) is 38.3 Å². The summed E-state index contributed by atoms with van der Waals surface area (Å²) in [5.74, 6) is 0.276. The van der Waals surface area contributed by atoms with Gasteiger partial charge in [0.25, 0.3) is 0 Å². The average Bonchev–Trinajstić information content (AvgIpc) is 2.95. The summed E-state index contributed by atoms with van der Waals surface area (Å²) in [6.07, 6.45) is 2.82. The molecule has 2 N–H and O–H groups in total. The summed E-state index contributed by atoms with van der Waals surface area (Å²) in [7, 11) is 0. The van der Waals surface area contributed by atoms with Gasteiger partial charge in [-0.05, 0) is 62.5 Å². The molecule has 0 spiro atoms. The van der Waals surface area contributed by atoms with Crippen LogP contribution in [0.2, 0.25) is 0 Å². The first-order valence-corrected chi connectivity index (χ1v) is 9.99. The lowest BCUT2D eigenvalue weighted by Gasteiger charge is -2.24. The lowest BCUT2D eigenvalue weighted by Crippen LogP contribution is -2.43. The molecule has 1 heterocycles. The Balaban J connectivity index is 1.95. The maximum atomic E-state index is 12.4. The van der Waals surface area contributed by atoms with Crippen molar-refractivity contribution < 1.29 is 14.7 Å². The fraction of sp³-hybridized carbons (Fsp3) is 0.579. The van der Waals surface area contributed by atoms with Crippen molar-refractivity contribution in [1.29, 1.82) is 0 Å². The molecule has 1 aliphatic heterocycles. The second kappa shape index (κ2) is 8.23. The van der Waals surface area contributed by atoms with Gasteiger partial charge in [-0.3, -0.25) is 9.59 Å². The topological polar surface area (TPSA) is 69.6 Å². The van der Waals surface area contributed by atoms with Crippen LogP contribution in [0, 0.1) is 19.8 Å². The maximum absolute atomic E-state index is 12.4. The van der Waals surface area contributed by atoms with Gasteiger partial charge in [-0.2, -0.15) is 11.8 Å². The number of anilines is 1. The van der Waals surface area contributed by atoms with Gasteiger partial charge in [-0.25, -0.2) is 0 Å².